The predicted octanol–water partition coefficient (Wildman–Crippen LogP) is 3.43. The van der Waals surface area contributed by atoms with Crippen LogP contribution in [0, 0.1) is 13.8 Å². The molecule has 1 amide bonds. The number of carbonyl (C=O) groups is 2. The molecule has 0 fully saturated rings. The molecule has 1 unspecified atom stereocenters. The van der Waals surface area contributed by atoms with E-state index < -0.39 is 12.1 Å². The molecule has 25 heavy (non-hydrogen) atoms. The average molecular weight is 337 g/mol. The van der Waals surface area contributed by atoms with Crippen LogP contribution >= 0.6 is 0 Å². The molecule has 1 aliphatic rings. The van der Waals surface area contributed by atoms with Crippen molar-refractivity contribution in [2.24, 2.45) is 0 Å². The Morgan fingerprint density at radius 1 is 1.04 bits per heavy atom. The first kappa shape index (κ1) is 17.2. The van der Waals surface area contributed by atoms with Gasteiger partial charge in [0.2, 0.25) is 0 Å². The number of esters is 1. The van der Waals surface area contributed by atoms with Crippen molar-refractivity contribution >= 4 is 11.9 Å². The standard InChI is InChI=1S/C21H23NO3/c1-14-8-9-18(12-15(14)2)21(24)25-16(3)20(23)22-11-10-17-6-4-5-7-19(17)13-22/h4-9,12,16H,10-11,13H2,1-3H3. The zero-order valence-electron chi connectivity index (χ0n) is 14.9. The highest BCUT2D eigenvalue weighted by Gasteiger charge is 2.27. The quantitative estimate of drug-likeness (QED) is 0.806. The topological polar surface area (TPSA) is 46.6 Å². The fraction of sp³-hybridized carbons (Fsp3) is 0.333. The molecule has 2 aromatic carbocycles. The van der Waals surface area contributed by atoms with Crippen LogP contribution in [0.4, 0.5) is 0 Å². The molecule has 0 radical (unpaired) electrons. The van der Waals surface area contributed by atoms with Crippen LogP contribution in [-0.4, -0.2) is 29.4 Å². The van der Waals surface area contributed by atoms with Crippen molar-refractivity contribution in [1.82, 2.24) is 4.90 Å². The Hall–Kier alpha value is -2.62. The molecule has 0 saturated heterocycles. The van der Waals surface area contributed by atoms with Crippen LogP contribution in [0.1, 0.15) is 39.5 Å². The lowest BCUT2D eigenvalue weighted by Gasteiger charge is -2.30. The summed E-state index contributed by atoms with van der Waals surface area (Å²) in [6, 6.07) is 13.6. The predicted molar refractivity (Wildman–Crippen MR) is 96.4 cm³/mol. The minimum absolute atomic E-state index is 0.147. The zero-order chi connectivity index (χ0) is 18.0. The Bertz CT molecular complexity index is 813. The Labute approximate surface area is 148 Å². The van der Waals surface area contributed by atoms with Gasteiger partial charge >= 0.3 is 5.97 Å². The van der Waals surface area contributed by atoms with Crippen LogP contribution < -0.4 is 0 Å². The van der Waals surface area contributed by atoms with E-state index in [1.165, 1.54) is 5.56 Å². The molecule has 2 aromatic rings. The van der Waals surface area contributed by atoms with E-state index in [0.717, 1.165) is 23.1 Å². The van der Waals surface area contributed by atoms with Gasteiger partial charge in [-0.3, -0.25) is 4.79 Å². The lowest BCUT2D eigenvalue weighted by Crippen LogP contribution is -2.42. The van der Waals surface area contributed by atoms with Gasteiger partial charge in [0.25, 0.3) is 5.91 Å². The number of benzene rings is 2. The van der Waals surface area contributed by atoms with E-state index in [9.17, 15) is 9.59 Å². The van der Waals surface area contributed by atoms with Crippen molar-refractivity contribution in [2.45, 2.75) is 39.8 Å². The number of nitrogens with zero attached hydrogens (tertiary/aromatic N) is 1. The largest absolute Gasteiger partial charge is 0.449 e. The van der Waals surface area contributed by atoms with Gasteiger partial charge in [-0.2, -0.15) is 0 Å². The summed E-state index contributed by atoms with van der Waals surface area (Å²) in [5.41, 5.74) is 5.07. The van der Waals surface area contributed by atoms with Crippen LogP contribution in [0.2, 0.25) is 0 Å². The molecule has 0 bridgehead atoms. The molecule has 0 aromatic heterocycles. The van der Waals surface area contributed by atoms with Crippen molar-refractivity contribution < 1.29 is 14.3 Å². The smallest absolute Gasteiger partial charge is 0.338 e. The molecular weight excluding hydrogens is 314 g/mol. The van der Waals surface area contributed by atoms with E-state index in [0.29, 0.717) is 18.7 Å². The second-order valence-corrected chi connectivity index (χ2v) is 6.63. The first-order chi connectivity index (χ1) is 12.0. The van der Waals surface area contributed by atoms with Gasteiger partial charge in [-0.05, 0) is 61.6 Å². The number of ether oxygens (including phenoxy) is 1. The molecule has 4 nitrogen and oxygen atoms in total. The van der Waals surface area contributed by atoms with Gasteiger partial charge in [0, 0.05) is 13.1 Å². The molecule has 1 heterocycles. The van der Waals surface area contributed by atoms with Crippen LogP contribution in [0.5, 0.6) is 0 Å². The minimum atomic E-state index is -0.792. The first-order valence-electron chi connectivity index (χ1n) is 8.59. The number of fused-ring (bicyclic) bond motifs is 1. The molecule has 0 spiro atoms. The molecule has 1 aliphatic heterocycles. The highest BCUT2D eigenvalue weighted by Crippen LogP contribution is 2.20. The van der Waals surface area contributed by atoms with Gasteiger partial charge < -0.3 is 9.64 Å². The van der Waals surface area contributed by atoms with E-state index in [-0.39, 0.29) is 5.91 Å². The Morgan fingerprint density at radius 3 is 2.48 bits per heavy atom. The van der Waals surface area contributed by atoms with E-state index in [2.05, 4.69) is 6.07 Å². The van der Waals surface area contributed by atoms with Gasteiger partial charge in [-0.15, -0.1) is 0 Å². The van der Waals surface area contributed by atoms with Crippen molar-refractivity contribution in [3.63, 3.8) is 0 Å². The monoisotopic (exact) mass is 337 g/mol. The minimum Gasteiger partial charge on any atom is -0.449 e. The summed E-state index contributed by atoms with van der Waals surface area (Å²) in [4.78, 5) is 26.7. The zero-order valence-corrected chi connectivity index (χ0v) is 14.9. The normalized spacial score (nSPS) is 14.6. The van der Waals surface area contributed by atoms with Crippen molar-refractivity contribution in [2.75, 3.05) is 6.54 Å². The summed E-state index contributed by atoms with van der Waals surface area (Å²) < 4.78 is 5.40. The fourth-order valence-corrected chi connectivity index (χ4v) is 3.09. The Balaban J connectivity index is 1.65. The van der Waals surface area contributed by atoms with E-state index in [1.54, 1.807) is 24.0 Å². The van der Waals surface area contributed by atoms with Crippen molar-refractivity contribution in [3.8, 4) is 0 Å². The third kappa shape index (κ3) is 3.73. The van der Waals surface area contributed by atoms with Gasteiger partial charge in [0.1, 0.15) is 0 Å². The van der Waals surface area contributed by atoms with Crippen molar-refractivity contribution in [3.05, 3.63) is 70.3 Å². The lowest BCUT2D eigenvalue weighted by atomic mass is 9.99. The molecule has 4 heteroatoms. The Morgan fingerprint density at radius 2 is 1.76 bits per heavy atom. The van der Waals surface area contributed by atoms with Crippen LogP contribution in [-0.2, 0) is 22.5 Å². The summed E-state index contributed by atoms with van der Waals surface area (Å²) in [6.07, 6.45) is 0.0408. The maximum atomic E-state index is 12.6. The van der Waals surface area contributed by atoms with Crippen LogP contribution in [0.3, 0.4) is 0 Å². The molecule has 0 N–H and O–H groups in total. The lowest BCUT2D eigenvalue weighted by molar-refractivity contribution is -0.140. The molecule has 3 rings (SSSR count). The highest BCUT2D eigenvalue weighted by atomic mass is 16.5. The number of rotatable bonds is 3. The fourth-order valence-electron chi connectivity index (χ4n) is 3.09. The second kappa shape index (κ2) is 7.09. The third-order valence-corrected chi connectivity index (χ3v) is 4.82. The molecule has 0 saturated carbocycles. The SMILES string of the molecule is Cc1ccc(C(=O)OC(C)C(=O)N2CCc3ccccc3C2)cc1C. The highest BCUT2D eigenvalue weighted by molar-refractivity contribution is 5.92. The van der Waals surface area contributed by atoms with E-state index >= 15 is 0 Å². The summed E-state index contributed by atoms with van der Waals surface area (Å²) in [7, 11) is 0. The van der Waals surface area contributed by atoms with Gasteiger partial charge in [0.05, 0.1) is 5.56 Å². The molecule has 0 aliphatic carbocycles. The second-order valence-electron chi connectivity index (χ2n) is 6.63. The van der Waals surface area contributed by atoms with Gasteiger partial charge in [0.15, 0.2) is 6.10 Å². The summed E-state index contributed by atoms with van der Waals surface area (Å²) >= 11 is 0. The third-order valence-electron chi connectivity index (χ3n) is 4.82. The molecular formula is C21H23NO3. The molecule has 130 valence electrons. The maximum Gasteiger partial charge on any atom is 0.338 e. The molecule has 1 atom stereocenters. The van der Waals surface area contributed by atoms with Gasteiger partial charge in [-0.1, -0.05) is 30.3 Å². The average Bonchev–Trinajstić information content (AvgIpc) is 2.62. The Kier molecular flexibility index (Phi) is 4.88. The number of amides is 1. The van der Waals surface area contributed by atoms with E-state index in [1.807, 2.05) is 38.1 Å². The van der Waals surface area contributed by atoms with Gasteiger partial charge in [-0.25, -0.2) is 4.79 Å². The number of aryl methyl sites for hydroxylation is 2. The number of carbonyl (C=O) groups excluding carboxylic acids is 2. The van der Waals surface area contributed by atoms with Crippen LogP contribution in [0.15, 0.2) is 42.5 Å². The van der Waals surface area contributed by atoms with Crippen molar-refractivity contribution in [1.29, 1.82) is 0 Å². The summed E-state index contributed by atoms with van der Waals surface area (Å²) in [6.45, 7) is 6.81. The summed E-state index contributed by atoms with van der Waals surface area (Å²) in [5.74, 6) is -0.604. The maximum absolute atomic E-state index is 12.6. The van der Waals surface area contributed by atoms with Crippen LogP contribution in [0.25, 0.3) is 0 Å². The number of hydrogen-bond acceptors (Lipinski definition) is 3. The van der Waals surface area contributed by atoms with E-state index in [4.69, 9.17) is 4.74 Å². The number of hydrogen-bond donors (Lipinski definition) is 0. The first-order valence-corrected chi connectivity index (χ1v) is 8.59. The summed E-state index contributed by atoms with van der Waals surface area (Å²) in [5, 5.41) is 0.